The highest BCUT2D eigenvalue weighted by Crippen LogP contribution is 2.26. The first-order valence-corrected chi connectivity index (χ1v) is 9.31. The Bertz CT molecular complexity index is 725. The molecule has 0 unspecified atom stereocenters. The first-order valence-electron chi connectivity index (χ1n) is 9.31. The van der Waals surface area contributed by atoms with E-state index in [1.807, 2.05) is 29.2 Å². The van der Waals surface area contributed by atoms with Gasteiger partial charge in [0, 0.05) is 43.8 Å². The average Bonchev–Trinajstić information content (AvgIpc) is 3.18. The summed E-state index contributed by atoms with van der Waals surface area (Å²) >= 11 is 0. The number of nitrogens with zero attached hydrogens (tertiary/aromatic N) is 3. The first kappa shape index (κ1) is 17.2. The highest BCUT2D eigenvalue weighted by molar-refractivity contribution is 5.79. The largest absolute Gasteiger partial charge is 0.381 e. The Kier molecular flexibility index (Phi) is 5.32. The molecule has 2 aliphatic heterocycles. The molecule has 1 fully saturated rings. The zero-order valence-electron chi connectivity index (χ0n) is 14.9. The van der Waals surface area contributed by atoms with Crippen molar-refractivity contribution in [1.29, 1.82) is 0 Å². The molecule has 1 saturated heterocycles. The lowest BCUT2D eigenvalue weighted by Crippen LogP contribution is -2.45. The maximum Gasteiger partial charge on any atom is 0.226 e. The van der Waals surface area contributed by atoms with Crippen LogP contribution in [0.1, 0.15) is 30.3 Å². The molecule has 26 heavy (non-hydrogen) atoms. The number of amides is 1. The Balaban J connectivity index is 1.40. The van der Waals surface area contributed by atoms with Gasteiger partial charge < -0.3 is 18.9 Å². The molecular formula is C20H25N3O3. The highest BCUT2D eigenvalue weighted by atomic mass is 16.5. The quantitative estimate of drug-likeness (QED) is 0.826. The van der Waals surface area contributed by atoms with E-state index in [4.69, 9.17) is 9.47 Å². The highest BCUT2D eigenvalue weighted by Gasteiger charge is 2.32. The third-order valence-corrected chi connectivity index (χ3v) is 5.21. The van der Waals surface area contributed by atoms with E-state index < -0.39 is 0 Å². The van der Waals surface area contributed by atoms with Gasteiger partial charge in [-0.1, -0.05) is 6.07 Å². The van der Waals surface area contributed by atoms with Gasteiger partial charge in [0.15, 0.2) is 0 Å². The third kappa shape index (κ3) is 3.81. The van der Waals surface area contributed by atoms with Crippen molar-refractivity contribution >= 4 is 5.91 Å². The van der Waals surface area contributed by atoms with Gasteiger partial charge in [0.2, 0.25) is 5.91 Å². The number of carbonyl (C=O) groups is 1. The summed E-state index contributed by atoms with van der Waals surface area (Å²) in [6.07, 6.45) is 5.52. The number of rotatable bonds is 5. The molecule has 2 aromatic heterocycles. The van der Waals surface area contributed by atoms with E-state index >= 15 is 0 Å². The summed E-state index contributed by atoms with van der Waals surface area (Å²) in [5.74, 6) is 0.357. The zero-order valence-corrected chi connectivity index (χ0v) is 14.9. The Morgan fingerprint density at radius 1 is 1.23 bits per heavy atom. The van der Waals surface area contributed by atoms with Gasteiger partial charge in [0.1, 0.15) is 0 Å². The monoisotopic (exact) mass is 355 g/mol. The maximum atomic E-state index is 12.9. The third-order valence-electron chi connectivity index (χ3n) is 5.21. The van der Waals surface area contributed by atoms with Gasteiger partial charge in [-0.15, -0.1) is 0 Å². The van der Waals surface area contributed by atoms with Gasteiger partial charge >= 0.3 is 0 Å². The van der Waals surface area contributed by atoms with Gasteiger partial charge in [0.25, 0.3) is 0 Å². The Morgan fingerprint density at radius 3 is 2.92 bits per heavy atom. The molecule has 0 aliphatic carbocycles. The van der Waals surface area contributed by atoms with Crippen LogP contribution in [0.2, 0.25) is 0 Å². The molecule has 0 bridgehead atoms. The maximum absolute atomic E-state index is 12.9. The summed E-state index contributed by atoms with van der Waals surface area (Å²) in [7, 11) is 0. The lowest BCUT2D eigenvalue weighted by atomic mass is 9.98. The fourth-order valence-electron chi connectivity index (χ4n) is 3.81. The van der Waals surface area contributed by atoms with Crippen molar-refractivity contribution < 1.29 is 14.3 Å². The van der Waals surface area contributed by atoms with Crippen molar-refractivity contribution in [2.75, 3.05) is 26.4 Å². The molecular weight excluding hydrogens is 330 g/mol. The van der Waals surface area contributed by atoms with Gasteiger partial charge in [-0.25, -0.2) is 0 Å². The van der Waals surface area contributed by atoms with Crippen LogP contribution in [-0.4, -0.2) is 46.7 Å². The molecule has 0 spiro atoms. The molecule has 0 aromatic carbocycles. The van der Waals surface area contributed by atoms with E-state index in [1.54, 1.807) is 6.20 Å². The molecule has 0 saturated carbocycles. The summed E-state index contributed by atoms with van der Waals surface area (Å²) < 4.78 is 13.6. The SMILES string of the molecule is O=C(C1CCOCC1)N1Cc2cccn2[C@@H](COCc2ccccn2)C1. The van der Waals surface area contributed by atoms with Crippen LogP contribution in [0.4, 0.5) is 0 Å². The van der Waals surface area contributed by atoms with E-state index in [0.29, 0.717) is 39.5 Å². The van der Waals surface area contributed by atoms with E-state index in [1.165, 1.54) is 5.69 Å². The lowest BCUT2D eigenvalue weighted by molar-refractivity contribution is -0.141. The second kappa shape index (κ2) is 8.01. The van der Waals surface area contributed by atoms with Crippen LogP contribution in [0.5, 0.6) is 0 Å². The van der Waals surface area contributed by atoms with Crippen molar-refractivity contribution in [2.45, 2.75) is 32.0 Å². The second-order valence-electron chi connectivity index (χ2n) is 7.00. The molecule has 0 radical (unpaired) electrons. The average molecular weight is 355 g/mol. The van der Waals surface area contributed by atoms with Crippen molar-refractivity contribution in [3.63, 3.8) is 0 Å². The lowest BCUT2D eigenvalue weighted by Gasteiger charge is -2.37. The number of pyridine rings is 1. The molecule has 6 nitrogen and oxygen atoms in total. The summed E-state index contributed by atoms with van der Waals surface area (Å²) in [5.41, 5.74) is 2.09. The molecule has 4 heterocycles. The van der Waals surface area contributed by atoms with E-state index in [0.717, 1.165) is 18.5 Å². The predicted octanol–water partition coefficient (Wildman–Crippen LogP) is 2.41. The summed E-state index contributed by atoms with van der Waals surface area (Å²) in [5, 5.41) is 0. The molecule has 2 aromatic rings. The van der Waals surface area contributed by atoms with Crippen LogP contribution >= 0.6 is 0 Å². The van der Waals surface area contributed by atoms with Crippen LogP contribution < -0.4 is 0 Å². The standard InChI is InChI=1S/C20H25N3O3/c24-20(16-6-10-25-11-7-16)22-12-18-5-3-9-23(18)19(13-22)15-26-14-17-4-1-2-8-21-17/h1-5,8-9,16,19H,6-7,10-15H2/t19-/m1/s1. The normalized spacial score (nSPS) is 20.8. The minimum absolute atomic E-state index is 0.0975. The molecule has 6 heteroatoms. The Hall–Kier alpha value is -2.18. The van der Waals surface area contributed by atoms with Crippen LogP contribution in [0, 0.1) is 5.92 Å². The zero-order chi connectivity index (χ0) is 17.8. The first-order chi connectivity index (χ1) is 12.8. The minimum atomic E-state index is 0.0975. The van der Waals surface area contributed by atoms with Crippen LogP contribution in [0.15, 0.2) is 42.7 Å². The van der Waals surface area contributed by atoms with E-state index in [9.17, 15) is 4.79 Å². The van der Waals surface area contributed by atoms with Crippen LogP contribution in [-0.2, 0) is 27.4 Å². The molecule has 138 valence electrons. The summed E-state index contributed by atoms with van der Waals surface area (Å²) in [6, 6.07) is 10.1. The number of ether oxygens (including phenoxy) is 2. The van der Waals surface area contributed by atoms with Crippen molar-refractivity contribution in [1.82, 2.24) is 14.5 Å². The number of aromatic nitrogens is 2. The van der Waals surface area contributed by atoms with E-state index in [2.05, 4.69) is 21.8 Å². The van der Waals surface area contributed by atoms with Crippen LogP contribution in [0.3, 0.4) is 0 Å². The van der Waals surface area contributed by atoms with Crippen molar-refractivity contribution in [3.8, 4) is 0 Å². The fourth-order valence-corrected chi connectivity index (χ4v) is 3.81. The number of hydrogen-bond donors (Lipinski definition) is 0. The summed E-state index contributed by atoms with van der Waals surface area (Å²) in [6.45, 7) is 3.81. The van der Waals surface area contributed by atoms with Gasteiger partial charge in [-0.05, 0) is 37.1 Å². The Morgan fingerprint density at radius 2 is 2.12 bits per heavy atom. The van der Waals surface area contributed by atoms with Gasteiger partial charge in [-0.2, -0.15) is 0 Å². The summed E-state index contributed by atoms with van der Waals surface area (Å²) in [4.78, 5) is 19.2. The number of fused-ring (bicyclic) bond motifs is 1. The minimum Gasteiger partial charge on any atom is -0.381 e. The Labute approximate surface area is 153 Å². The molecule has 0 N–H and O–H groups in total. The molecule has 1 atom stereocenters. The molecule has 1 amide bonds. The number of hydrogen-bond acceptors (Lipinski definition) is 4. The van der Waals surface area contributed by atoms with Crippen molar-refractivity contribution in [2.24, 2.45) is 5.92 Å². The fraction of sp³-hybridized carbons (Fsp3) is 0.500. The van der Waals surface area contributed by atoms with Gasteiger partial charge in [-0.3, -0.25) is 9.78 Å². The smallest absolute Gasteiger partial charge is 0.226 e. The molecule has 2 aliphatic rings. The van der Waals surface area contributed by atoms with Crippen molar-refractivity contribution in [3.05, 3.63) is 54.1 Å². The van der Waals surface area contributed by atoms with E-state index in [-0.39, 0.29) is 17.9 Å². The van der Waals surface area contributed by atoms with Gasteiger partial charge in [0.05, 0.1) is 31.5 Å². The molecule has 4 rings (SSSR count). The number of carbonyl (C=O) groups excluding carboxylic acids is 1. The topological polar surface area (TPSA) is 56.6 Å². The second-order valence-corrected chi connectivity index (χ2v) is 7.00. The predicted molar refractivity (Wildman–Crippen MR) is 96.3 cm³/mol. The van der Waals surface area contributed by atoms with Crippen LogP contribution in [0.25, 0.3) is 0 Å².